The van der Waals surface area contributed by atoms with Crippen LogP contribution in [0, 0.1) is 5.92 Å². The fourth-order valence-corrected chi connectivity index (χ4v) is 2.39. The molecule has 6 nitrogen and oxygen atoms in total. The van der Waals surface area contributed by atoms with Crippen LogP contribution in [0.4, 0.5) is 0 Å². The Balaban J connectivity index is 1.79. The molecule has 0 atom stereocenters. The fourth-order valence-electron chi connectivity index (χ4n) is 2.39. The second-order valence-electron chi connectivity index (χ2n) is 5.65. The molecule has 1 fully saturated rings. The van der Waals surface area contributed by atoms with Crippen molar-refractivity contribution in [2.45, 2.75) is 46.2 Å². The van der Waals surface area contributed by atoms with Crippen LogP contribution in [0.1, 0.15) is 38.8 Å². The highest BCUT2D eigenvalue weighted by Gasteiger charge is 2.20. The van der Waals surface area contributed by atoms with E-state index in [2.05, 4.69) is 29.5 Å². The quantitative estimate of drug-likeness (QED) is 0.790. The van der Waals surface area contributed by atoms with E-state index in [1.807, 2.05) is 11.1 Å². The minimum absolute atomic E-state index is 0.148. The monoisotopic (exact) mass is 279 g/mol. The molecule has 2 heterocycles. The van der Waals surface area contributed by atoms with Crippen molar-refractivity contribution in [2.24, 2.45) is 5.92 Å². The minimum Gasteiger partial charge on any atom is -0.341 e. The molecule has 0 spiro atoms. The van der Waals surface area contributed by atoms with E-state index in [1.165, 1.54) is 0 Å². The highest BCUT2D eigenvalue weighted by molar-refractivity contribution is 5.75. The average molecular weight is 279 g/mol. The van der Waals surface area contributed by atoms with Gasteiger partial charge in [-0.15, -0.1) is 5.10 Å². The molecule has 1 amide bonds. The second kappa shape index (κ2) is 7.38. The Kier molecular flexibility index (Phi) is 5.52. The van der Waals surface area contributed by atoms with Gasteiger partial charge >= 0.3 is 0 Å². The zero-order chi connectivity index (χ0) is 14.4. The molecule has 1 aliphatic heterocycles. The Labute approximate surface area is 120 Å². The standard InChI is InChI=1S/C14H25N5O/c1-3-6-15-9-13-10-19(17-16-13)11-14(20)18-7-4-12(2)5-8-18/h10,12,15H,3-9,11H2,1-2H3. The van der Waals surface area contributed by atoms with Crippen LogP contribution in [0.2, 0.25) is 0 Å². The lowest BCUT2D eigenvalue weighted by Gasteiger charge is -2.30. The Bertz CT molecular complexity index is 423. The van der Waals surface area contributed by atoms with Gasteiger partial charge in [-0.2, -0.15) is 0 Å². The van der Waals surface area contributed by atoms with Crippen molar-refractivity contribution in [1.29, 1.82) is 0 Å². The molecule has 0 saturated carbocycles. The van der Waals surface area contributed by atoms with Gasteiger partial charge in [0.05, 0.1) is 11.9 Å². The van der Waals surface area contributed by atoms with Gasteiger partial charge < -0.3 is 10.2 Å². The van der Waals surface area contributed by atoms with E-state index in [1.54, 1.807) is 4.68 Å². The maximum Gasteiger partial charge on any atom is 0.244 e. The van der Waals surface area contributed by atoms with Crippen molar-refractivity contribution in [1.82, 2.24) is 25.2 Å². The molecule has 1 saturated heterocycles. The van der Waals surface area contributed by atoms with Crippen molar-refractivity contribution >= 4 is 5.91 Å². The van der Waals surface area contributed by atoms with Gasteiger partial charge in [0.1, 0.15) is 6.54 Å². The van der Waals surface area contributed by atoms with Gasteiger partial charge in [-0.1, -0.05) is 19.1 Å². The largest absolute Gasteiger partial charge is 0.341 e. The topological polar surface area (TPSA) is 63.1 Å². The number of carbonyl (C=O) groups is 1. The van der Waals surface area contributed by atoms with E-state index >= 15 is 0 Å². The molecule has 112 valence electrons. The van der Waals surface area contributed by atoms with Crippen LogP contribution in [0.25, 0.3) is 0 Å². The third-order valence-corrected chi connectivity index (χ3v) is 3.75. The lowest BCUT2D eigenvalue weighted by Crippen LogP contribution is -2.39. The zero-order valence-corrected chi connectivity index (χ0v) is 12.5. The summed E-state index contributed by atoms with van der Waals surface area (Å²) < 4.78 is 1.64. The number of piperidine rings is 1. The lowest BCUT2D eigenvalue weighted by atomic mass is 9.99. The number of carbonyl (C=O) groups excluding carboxylic acids is 1. The molecule has 0 bridgehead atoms. The normalized spacial score (nSPS) is 16.6. The van der Waals surface area contributed by atoms with Crippen LogP contribution in [0.15, 0.2) is 6.20 Å². The summed E-state index contributed by atoms with van der Waals surface area (Å²) in [5.41, 5.74) is 0.888. The molecule has 1 N–H and O–H groups in total. The second-order valence-corrected chi connectivity index (χ2v) is 5.65. The summed E-state index contributed by atoms with van der Waals surface area (Å²) in [5, 5.41) is 11.4. The number of likely N-dealkylation sites (tertiary alicyclic amines) is 1. The Hall–Kier alpha value is -1.43. The van der Waals surface area contributed by atoms with Gasteiger partial charge in [0.15, 0.2) is 0 Å². The molecule has 0 aliphatic carbocycles. The van der Waals surface area contributed by atoms with Crippen molar-refractivity contribution in [3.05, 3.63) is 11.9 Å². The molecule has 0 aromatic carbocycles. The Morgan fingerprint density at radius 1 is 1.45 bits per heavy atom. The summed E-state index contributed by atoms with van der Waals surface area (Å²) in [6, 6.07) is 0. The number of nitrogens with one attached hydrogen (secondary N) is 1. The van der Waals surface area contributed by atoms with Crippen LogP contribution in [-0.4, -0.2) is 45.4 Å². The first-order valence-electron chi connectivity index (χ1n) is 7.56. The number of hydrogen-bond acceptors (Lipinski definition) is 4. The summed E-state index contributed by atoms with van der Waals surface area (Å²) >= 11 is 0. The van der Waals surface area contributed by atoms with E-state index in [9.17, 15) is 4.79 Å². The van der Waals surface area contributed by atoms with Crippen LogP contribution in [0.3, 0.4) is 0 Å². The van der Waals surface area contributed by atoms with Crippen molar-refractivity contribution in [3.8, 4) is 0 Å². The molecule has 20 heavy (non-hydrogen) atoms. The molecule has 1 aromatic heterocycles. The molecule has 0 unspecified atom stereocenters. The fraction of sp³-hybridized carbons (Fsp3) is 0.786. The third kappa shape index (κ3) is 4.30. The summed E-state index contributed by atoms with van der Waals surface area (Å²) in [5.74, 6) is 0.886. The first-order chi connectivity index (χ1) is 9.69. The SMILES string of the molecule is CCCNCc1cn(CC(=O)N2CCC(C)CC2)nn1. The smallest absolute Gasteiger partial charge is 0.244 e. The molecule has 6 heteroatoms. The maximum absolute atomic E-state index is 12.2. The average Bonchev–Trinajstić information content (AvgIpc) is 2.87. The van der Waals surface area contributed by atoms with Gasteiger partial charge in [-0.05, 0) is 31.7 Å². The minimum atomic E-state index is 0.148. The van der Waals surface area contributed by atoms with Crippen molar-refractivity contribution < 1.29 is 4.79 Å². The third-order valence-electron chi connectivity index (χ3n) is 3.75. The maximum atomic E-state index is 12.2. The molecular weight excluding hydrogens is 254 g/mol. The highest BCUT2D eigenvalue weighted by atomic mass is 16.2. The predicted octanol–water partition coefficient (Wildman–Crippen LogP) is 1.04. The van der Waals surface area contributed by atoms with Crippen molar-refractivity contribution in [3.63, 3.8) is 0 Å². The predicted molar refractivity (Wildman–Crippen MR) is 77.0 cm³/mol. The van der Waals surface area contributed by atoms with Crippen LogP contribution < -0.4 is 5.32 Å². The van der Waals surface area contributed by atoms with Crippen molar-refractivity contribution in [2.75, 3.05) is 19.6 Å². The van der Waals surface area contributed by atoms with Gasteiger partial charge in [-0.25, -0.2) is 4.68 Å². The first-order valence-corrected chi connectivity index (χ1v) is 7.56. The van der Waals surface area contributed by atoms with Gasteiger partial charge in [-0.3, -0.25) is 4.79 Å². The molecule has 1 aliphatic rings. The van der Waals surface area contributed by atoms with E-state index in [0.717, 1.165) is 50.5 Å². The molecular formula is C14H25N5O. The highest BCUT2D eigenvalue weighted by Crippen LogP contribution is 2.16. The molecule has 2 rings (SSSR count). The van der Waals surface area contributed by atoms with Gasteiger partial charge in [0.2, 0.25) is 5.91 Å². The Morgan fingerprint density at radius 3 is 2.90 bits per heavy atom. The van der Waals surface area contributed by atoms with Crippen LogP contribution in [-0.2, 0) is 17.9 Å². The van der Waals surface area contributed by atoms with Crippen LogP contribution in [0.5, 0.6) is 0 Å². The van der Waals surface area contributed by atoms with Gasteiger partial charge in [0.25, 0.3) is 0 Å². The van der Waals surface area contributed by atoms with Gasteiger partial charge in [0, 0.05) is 19.6 Å². The zero-order valence-electron chi connectivity index (χ0n) is 12.5. The summed E-state index contributed by atoms with van der Waals surface area (Å²) in [6.45, 7) is 8.10. The number of nitrogens with zero attached hydrogens (tertiary/aromatic N) is 4. The number of aromatic nitrogens is 3. The molecule has 1 aromatic rings. The van der Waals surface area contributed by atoms with Crippen LogP contribution >= 0.6 is 0 Å². The van der Waals surface area contributed by atoms with E-state index in [4.69, 9.17) is 0 Å². The molecule has 0 radical (unpaired) electrons. The summed E-state index contributed by atoms with van der Waals surface area (Å²) in [7, 11) is 0. The van der Waals surface area contributed by atoms with E-state index < -0.39 is 0 Å². The number of amides is 1. The number of hydrogen-bond donors (Lipinski definition) is 1. The summed E-state index contributed by atoms with van der Waals surface area (Å²) in [6.07, 6.45) is 5.16. The lowest BCUT2D eigenvalue weighted by molar-refractivity contribution is -0.133. The summed E-state index contributed by atoms with van der Waals surface area (Å²) in [4.78, 5) is 14.1. The Morgan fingerprint density at radius 2 is 2.20 bits per heavy atom. The van der Waals surface area contributed by atoms with E-state index in [0.29, 0.717) is 13.1 Å². The number of rotatable bonds is 6. The van der Waals surface area contributed by atoms with E-state index in [-0.39, 0.29) is 5.91 Å². The first kappa shape index (κ1) is 15.0.